The number of aromatic amines is 1. The molecule has 0 bridgehead atoms. The zero-order chi connectivity index (χ0) is 18.8. The highest BCUT2D eigenvalue weighted by molar-refractivity contribution is 5.99. The molecule has 3 aromatic rings. The van der Waals surface area contributed by atoms with Gasteiger partial charge in [0, 0.05) is 29.7 Å². The number of carbonyl (C=O) groups excluding carboxylic acids is 2. The number of piperidine rings is 1. The van der Waals surface area contributed by atoms with Crippen molar-refractivity contribution in [3.63, 3.8) is 0 Å². The number of halogens is 1. The van der Waals surface area contributed by atoms with E-state index in [2.05, 4.69) is 10.3 Å². The van der Waals surface area contributed by atoms with Crippen LogP contribution in [0.15, 0.2) is 54.6 Å². The first-order chi connectivity index (χ1) is 13.1. The molecule has 1 aromatic heterocycles. The molecule has 4 rings (SSSR count). The summed E-state index contributed by atoms with van der Waals surface area (Å²) in [5, 5.41) is 3.80. The van der Waals surface area contributed by atoms with Gasteiger partial charge in [-0.3, -0.25) is 9.59 Å². The van der Waals surface area contributed by atoms with Crippen molar-refractivity contribution in [2.75, 3.05) is 18.4 Å². The molecule has 1 aliphatic heterocycles. The van der Waals surface area contributed by atoms with Crippen LogP contribution in [-0.4, -0.2) is 34.8 Å². The molecule has 2 heterocycles. The van der Waals surface area contributed by atoms with E-state index in [0.29, 0.717) is 24.5 Å². The minimum Gasteiger partial charge on any atom is -0.351 e. The molecule has 2 amide bonds. The van der Waals surface area contributed by atoms with Gasteiger partial charge in [-0.05, 0) is 49.2 Å². The predicted molar refractivity (Wildman–Crippen MR) is 102 cm³/mol. The van der Waals surface area contributed by atoms with Gasteiger partial charge in [0.1, 0.15) is 11.5 Å². The summed E-state index contributed by atoms with van der Waals surface area (Å²) >= 11 is 0. The molecule has 138 valence electrons. The lowest BCUT2D eigenvalue weighted by Gasteiger charge is -2.31. The molecule has 2 aromatic carbocycles. The normalized spacial score (nSPS) is 17.1. The summed E-state index contributed by atoms with van der Waals surface area (Å²) in [5.74, 6) is -0.862. The maximum Gasteiger partial charge on any atom is 0.270 e. The zero-order valence-corrected chi connectivity index (χ0v) is 14.7. The lowest BCUT2D eigenvalue weighted by Crippen LogP contribution is -2.43. The fourth-order valence-electron chi connectivity index (χ4n) is 3.51. The Morgan fingerprint density at radius 3 is 2.67 bits per heavy atom. The van der Waals surface area contributed by atoms with E-state index in [0.717, 1.165) is 23.7 Å². The first-order valence-corrected chi connectivity index (χ1v) is 9.03. The van der Waals surface area contributed by atoms with Crippen molar-refractivity contribution in [3.05, 3.63) is 66.1 Å². The summed E-state index contributed by atoms with van der Waals surface area (Å²) in [6, 6.07) is 15.3. The molecular weight excluding hydrogens is 345 g/mol. The number of anilines is 1. The summed E-state index contributed by atoms with van der Waals surface area (Å²) in [7, 11) is 0. The van der Waals surface area contributed by atoms with Gasteiger partial charge in [0.05, 0.1) is 5.92 Å². The first-order valence-electron chi connectivity index (χ1n) is 9.03. The van der Waals surface area contributed by atoms with Crippen LogP contribution in [0.3, 0.4) is 0 Å². The maximum absolute atomic E-state index is 13.0. The van der Waals surface area contributed by atoms with Crippen LogP contribution in [0.1, 0.15) is 23.3 Å². The number of amides is 2. The topological polar surface area (TPSA) is 65.2 Å². The Kier molecular flexibility index (Phi) is 4.62. The zero-order valence-electron chi connectivity index (χ0n) is 14.7. The predicted octanol–water partition coefficient (Wildman–Crippen LogP) is 3.80. The van der Waals surface area contributed by atoms with Crippen LogP contribution >= 0.6 is 0 Å². The second-order valence-electron chi connectivity index (χ2n) is 6.86. The van der Waals surface area contributed by atoms with E-state index in [1.165, 1.54) is 24.3 Å². The van der Waals surface area contributed by atoms with Crippen molar-refractivity contribution in [3.8, 4) is 0 Å². The highest BCUT2D eigenvalue weighted by Crippen LogP contribution is 2.22. The second kappa shape index (κ2) is 7.23. The Morgan fingerprint density at radius 2 is 1.89 bits per heavy atom. The van der Waals surface area contributed by atoms with E-state index in [1.807, 2.05) is 30.3 Å². The van der Waals surface area contributed by atoms with Crippen molar-refractivity contribution in [2.24, 2.45) is 5.92 Å². The molecule has 0 spiro atoms. The fourth-order valence-corrected chi connectivity index (χ4v) is 3.51. The second-order valence-corrected chi connectivity index (χ2v) is 6.86. The highest BCUT2D eigenvalue weighted by atomic mass is 19.1. The Morgan fingerprint density at radius 1 is 1.11 bits per heavy atom. The van der Waals surface area contributed by atoms with Gasteiger partial charge in [0.25, 0.3) is 5.91 Å². The van der Waals surface area contributed by atoms with E-state index in [9.17, 15) is 14.0 Å². The Balaban J connectivity index is 1.44. The number of hydrogen-bond donors (Lipinski definition) is 2. The Hall–Kier alpha value is -3.15. The quantitative estimate of drug-likeness (QED) is 0.741. The van der Waals surface area contributed by atoms with Gasteiger partial charge >= 0.3 is 0 Å². The molecule has 1 aliphatic rings. The van der Waals surface area contributed by atoms with E-state index < -0.39 is 0 Å². The lowest BCUT2D eigenvalue weighted by molar-refractivity contribution is -0.121. The van der Waals surface area contributed by atoms with Crippen LogP contribution in [0, 0.1) is 11.7 Å². The standard InChI is InChI=1S/C21H20FN3O2/c22-16-7-9-17(10-8-16)23-20(26)15-5-3-11-25(13-15)21(27)19-12-14-4-1-2-6-18(14)24-19/h1-2,4,6-10,12,15,24H,3,5,11,13H2,(H,23,26). The maximum atomic E-state index is 13.0. The van der Waals surface area contributed by atoms with Crippen LogP contribution in [0.2, 0.25) is 0 Å². The number of benzene rings is 2. The lowest BCUT2D eigenvalue weighted by atomic mass is 9.96. The number of hydrogen-bond acceptors (Lipinski definition) is 2. The van der Waals surface area contributed by atoms with E-state index >= 15 is 0 Å². The van der Waals surface area contributed by atoms with Crippen LogP contribution in [0.25, 0.3) is 10.9 Å². The van der Waals surface area contributed by atoms with E-state index in [1.54, 1.807) is 4.90 Å². The number of rotatable bonds is 3. The van der Waals surface area contributed by atoms with E-state index in [-0.39, 0.29) is 23.5 Å². The van der Waals surface area contributed by atoms with Gasteiger partial charge in [-0.15, -0.1) is 0 Å². The third kappa shape index (κ3) is 3.69. The number of fused-ring (bicyclic) bond motifs is 1. The van der Waals surface area contributed by atoms with E-state index in [4.69, 9.17) is 0 Å². The molecule has 6 heteroatoms. The molecule has 1 atom stereocenters. The SMILES string of the molecule is O=C(Nc1ccc(F)cc1)C1CCCN(C(=O)c2cc3ccccc3[nH]2)C1. The van der Waals surface area contributed by atoms with Crippen molar-refractivity contribution >= 4 is 28.4 Å². The van der Waals surface area contributed by atoms with Gasteiger partial charge in [0.2, 0.25) is 5.91 Å². The van der Waals surface area contributed by atoms with Crippen molar-refractivity contribution in [1.29, 1.82) is 0 Å². The van der Waals surface area contributed by atoms with Crippen molar-refractivity contribution in [1.82, 2.24) is 9.88 Å². The molecule has 1 saturated heterocycles. The molecule has 1 unspecified atom stereocenters. The molecule has 5 nitrogen and oxygen atoms in total. The third-order valence-electron chi connectivity index (χ3n) is 4.95. The van der Waals surface area contributed by atoms with Crippen LogP contribution < -0.4 is 5.32 Å². The largest absolute Gasteiger partial charge is 0.351 e. The minimum atomic E-state index is -0.347. The molecule has 2 N–H and O–H groups in total. The average molecular weight is 365 g/mol. The number of nitrogens with one attached hydrogen (secondary N) is 2. The van der Waals surface area contributed by atoms with Crippen molar-refractivity contribution < 1.29 is 14.0 Å². The summed E-state index contributed by atoms with van der Waals surface area (Å²) in [6.45, 7) is 1.01. The monoisotopic (exact) mass is 365 g/mol. The van der Waals surface area contributed by atoms with Gasteiger partial charge in [-0.2, -0.15) is 0 Å². The summed E-state index contributed by atoms with van der Waals surface area (Å²) in [6.07, 6.45) is 1.50. The fraction of sp³-hybridized carbons (Fsp3) is 0.238. The number of carbonyl (C=O) groups is 2. The van der Waals surface area contributed by atoms with Gasteiger partial charge in [0.15, 0.2) is 0 Å². The molecule has 0 saturated carbocycles. The highest BCUT2D eigenvalue weighted by Gasteiger charge is 2.29. The van der Waals surface area contributed by atoms with Crippen molar-refractivity contribution in [2.45, 2.75) is 12.8 Å². The number of aromatic nitrogens is 1. The number of para-hydroxylation sites is 1. The minimum absolute atomic E-state index is 0.0921. The number of nitrogens with zero attached hydrogens (tertiary/aromatic N) is 1. The smallest absolute Gasteiger partial charge is 0.270 e. The molecule has 0 aliphatic carbocycles. The summed E-state index contributed by atoms with van der Waals surface area (Å²) in [4.78, 5) is 30.3. The molecule has 0 radical (unpaired) electrons. The van der Waals surface area contributed by atoms with Crippen LogP contribution in [0.4, 0.5) is 10.1 Å². The summed E-state index contributed by atoms with van der Waals surface area (Å²) < 4.78 is 13.0. The Labute approximate surface area is 156 Å². The van der Waals surface area contributed by atoms with Crippen LogP contribution in [0.5, 0.6) is 0 Å². The molecular formula is C21H20FN3O2. The molecule has 1 fully saturated rings. The molecule has 27 heavy (non-hydrogen) atoms. The average Bonchev–Trinajstić information content (AvgIpc) is 3.13. The summed E-state index contributed by atoms with van der Waals surface area (Å²) in [5.41, 5.74) is 2.01. The van der Waals surface area contributed by atoms with Gasteiger partial charge < -0.3 is 15.2 Å². The van der Waals surface area contributed by atoms with Gasteiger partial charge in [-0.1, -0.05) is 18.2 Å². The Bertz CT molecular complexity index is 948. The third-order valence-corrected chi connectivity index (χ3v) is 4.95. The number of H-pyrrole nitrogens is 1. The first kappa shape index (κ1) is 17.3. The van der Waals surface area contributed by atoms with Crippen LogP contribution in [-0.2, 0) is 4.79 Å². The van der Waals surface area contributed by atoms with Gasteiger partial charge in [-0.25, -0.2) is 4.39 Å². The number of likely N-dealkylation sites (tertiary alicyclic amines) is 1.